The smallest absolute Gasteiger partial charge is 0.334 e. The lowest BCUT2D eigenvalue weighted by molar-refractivity contribution is -0.161. The van der Waals surface area contributed by atoms with Crippen LogP contribution in [-0.4, -0.2) is 285 Å². The third kappa shape index (κ3) is 41.5. The van der Waals surface area contributed by atoms with Crippen molar-refractivity contribution in [3.05, 3.63) is 101 Å². The van der Waals surface area contributed by atoms with Gasteiger partial charge in [0.1, 0.15) is 48.8 Å². The van der Waals surface area contributed by atoms with Gasteiger partial charge in [-0.2, -0.15) is 0 Å². The maximum atomic E-state index is 14.4. The minimum Gasteiger partial charge on any atom is -0.462 e. The van der Waals surface area contributed by atoms with Gasteiger partial charge in [-0.15, -0.1) is 0 Å². The molecular formula is C90H136N8O26. The molecule has 2 aromatic rings. The molecule has 0 radical (unpaired) electrons. The molecule has 10 atom stereocenters. The molecule has 0 bridgehead atoms. The van der Waals surface area contributed by atoms with Crippen LogP contribution < -0.4 is 26.6 Å². The number of cyclic esters (lactones) is 2. The molecule has 0 fully saturated rings. The molecule has 4 rings (SSSR count). The minimum atomic E-state index is -1.38. The summed E-state index contributed by atoms with van der Waals surface area (Å²) >= 11 is 0. The highest BCUT2D eigenvalue weighted by molar-refractivity contribution is 6.39. The van der Waals surface area contributed by atoms with Crippen LogP contribution in [0, 0.1) is 23.7 Å². The second-order valence-corrected chi connectivity index (χ2v) is 31.5. The predicted octanol–water partition coefficient (Wildman–Crippen LogP) is 6.40. The highest BCUT2D eigenvalue weighted by Gasteiger charge is 2.39. The van der Waals surface area contributed by atoms with Gasteiger partial charge in [0, 0.05) is 102 Å². The van der Waals surface area contributed by atoms with Crippen LogP contribution >= 0.6 is 0 Å². The lowest BCUT2D eigenvalue weighted by Crippen LogP contribution is -2.57. The number of Topliss-reactive ketones (excluding diaryl/α,β-unsaturated/α-hetero) is 3. The van der Waals surface area contributed by atoms with Crippen LogP contribution in [0.2, 0.25) is 0 Å². The summed E-state index contributed by atoms with van der Waals surface area (Å²) in [6.07, 6.45) is 3.66. The summed E-state index contributed by atoms with van der Waals surface area (Å²) in [5, 5.41) is 14.4. The number of likely N-dealkylation sites (N-methyl/N-ethyl adjacent to an activating group) is 2. The van der Waals surface area contributed by atoms with Crippen LogP contribution in [0.15, 0.2) is 90.0 Å². The lowest BCUT2D eigenvalue weighted by atomic mass is 9.90. The number of ether oxygens (including phenoxy) is 12. The lowest BCUT2D eigenvalue weighted by Gasteiger charge is -2.33. The fraction of sp³-hybridized carbons (Fsp3) is 0.644. The number of ketones is 3. The molecule has 2 aromatic carbocycles. The van der Waals surface area contributed by atoms with Gasteiger partial charge in [-0.3, -0.25) is 67.8 Å². The van der Waals surface area contributed by atoms with Gasteiger partial charge >= 0.3 is 23.9 Å². The summed E-state index contributed by atoms with van der Waals surface area (Å²) in [5.74, 6) is -9.96. The fourth-order valence-electron chi connectivity index (χ4n) is 12.8. The van der Waals surface area contributed by atoms with Gasteiger partial charge in [0.05, 0.1) is 118 Å². The number of unbranched alkanes of at least 4 members (excludes halogenated alkanes) is 1. The predicted molar refractivity (Wildman–Crippen MR) is 458 cm³/mol. The molecule has 0 saturated carbocycles. The summed E-state index contributed by atoms with van der Waals surface area (Å²) in [5.41, 5.74) is 2.67. The van der Waals surface area contributed by atoms with E-state index >= 15 is 0 Å². The zero-order chi connectivity index (χ0) is 91.5. The Morgan fingerprint density at radius 1 is 0.605 bits per heavy atom. The zero-order valence-electron chi connectivity index (χ0n) is 75.0. The zero-order valence-corrected chi connectivity index (χ0v) is 75.0. The van der Waals surface area contributed by atoms with Crippen LogP contribution in [-0.2, 0) is 137 Å². The van der Waals surface area contributed by atoms with Crippen LogP contribution in [0.5, 0.6) is 0 Å². The first kappa shape index (κ1) is 107. The van der Waals surface area contributed by atoms with Crippen molar-refractivity contribution in [3.63, 3.8) is 0 Å². The number of carbonyl (C=O) groups excluding carboxylic acids is 14. The number of anilines is 1. The standard InChI is InChI=1S/C90H136N8O26/c1-15-62(7)82-86(108)94-67(12)90(112)124-84(63(8)16-2)65(10)74(33-28-64(9)89(111)123-75(55-60(3)4)85(107)93-66(11)87(109)97(14)72(56-68-23-18-17-19-24-68)88(110)96(13)57-76(101)95-82)122-80(105)27-21-20-26-79(104)121-58-69-29-31-70(32-30-69)91-59-92-81(61(5)6)83(106)73(100)37-40-114-42-44-116-46-48-118-50-52-120-54-53-119-51-49-117-47-45-115-43-41-113-39-22-25-71(99)36-38-98-77(102)34-35-78(98)103/h16-19,23-24,28-32,34-35,60-62,65-67,72,74-75,81-82,84,91-92H,15,20-22,25-27,33,36-59H2,1-14H3,(H,93,107)(H,94,108)(H,95,101)/b63-16+,64-28+/t62-,65+,66+,67-,72-,74+,75-,81+,82+,84-/m1/s1. The number of benzene rings is 2. The Bertz CT molecular complexity index is 3760. The molecule has 2 heterocycles. The van der Waals surface area contributed by atoms with Crippen LogP contribution in [0.1, 0.15) is 165 Å². The van der Waals surface area contributed by atoms with Crippen molar-refractivity contribution in [1.82, 2.24) is 36.0 Å². The first-order valence-corrected chi connectivity index (χ1v) is 43.1. The van der Waals surface area contributed by atoms with Crippen molar-refractivity contribution in [1.29, 1.82) is 0 Å². The molecule has 124 heavy (non-hydrogen) atoms. The number of hydrogen-bond donors (Lipinski definition) is 5. The Kier molecular flexibility index (Phi) is 51.8. The summed E-state index contributed by atoms with van der Waals surface area (Å²) in [6.45, 7) is 25.6. The van der Waals surface area contributed by atoms with Crippen molar-refractivity contribution in [3.8, 4) is 0 Å². The second kappa shape index (κ2) is 60.2. The Hall–Kier alpha value is -9.52. The summed E-state index contributed by atoms with van der Waals surface area (Å²) in [7, 11) is 2.81. The SMILES string of the molecule is C/C=C(\C)[C@H]1OC(=O)[C@@H](C)NC(=O)[C@H]([C@H](C)CC)NC(=O)CN(C)C(=O)[C@@H](Cc2ccccc2)N(C)C(=O)[C@H](C)NC(=O)[C@@H](CC(C)C)OC(=O)/C(C)=C/C[C@H](OC(=O)CCCCC(=O)OCc2ccc(NCN[C@H](C(=O)C(=O)CCOCCOCCOCCOCCOCCOCCOCCOCCCC(=O)CCN3C(=O)C=CC3=O)C(C)C)cc2)[C@@H]1C. The summed E-state index contributed by atoms with van der Waals surface area (Å²) in [6, 6.07) is 10.4. The topological polar surface area (TPSA) is 420 Å². The third-order valence-corrected chi connectivity index (χ3v) is 20.6. The highest BCUT2D eigenvalue weighted by Crippen LogP contribution is 2.27. The number of amides is 7. The van der Waals surface area contributed by atoms with E-state index in [1.54, 1.807) is 88.4 Å². The van der Waals surface area contributed by atoms with E-state index < -0.39 is 144 Å². The van der Waals surface area contributed by atoms with Crippen LogP contribution in [0.4, 0.5) is 5.69 Å². The van der Waals surface area contributed by atoms with Gasteiger partial charge in [-0.05, 0) is 107 Å². The molecule has 5 N–H and O–H groups in total. The van der Waals surface area contributed by atoms with Crippen molar-refractivity contribution < 1.29 is 124 Å². The van der Waals surface area contributed by atoms with Crippen molar-refractivity contribution >= 4 is 88.3 Å². The number of hydrogen-bond acceptors (Lipinski definition) is 28. The van der Waals surface area contributed by atoms with E-state index in [1.165, 1.54) is 58.0 Å². The molecule has 0 aromatic heterocycles. The van der Waals surface area contributed by atoms with E-state index in [0.717, 1.165) is 9.80 Å². The molecule has 2 aliphatic rings. The Labute approximate surface area is 730 Å². The van der Waals surface area contributed by atoms with E-state index in [-0.39, 0.29) is 121 Å². The fourth-order valence-corrected chi connectivity index (χ4v) is 12.8. The Balaban J connectivity index is 1.17. The van der Waals surface area contributed by atoms with Crippen molar-refractivity contribution in [2.24, 2.45) is 23.7 Å². The van der Waals surface area contributed by atoms with Crippen molar-refractivity contribution in [2.75, 3.05) is 145 Å². The molecule has 7 amide bonds. The maximum absolute atomic E-state index is 14.4. The number of carbonyl (C=O) groups is 14. The van der Waals surface area contributed by atoms with Crippen LogP contribution in [0.25, 0.3) is 0 Å². The van der Waals surface area contributed by atoms with Gasteiger partial charge in [-0.25, -0.2) is 9.59 Å². The van der Waals surface area contributed by atoms with Crippen molar-refractivity contribution in [2.45, 2.75) is 215 Å². The molecule has 0 aliphatic carbocycles. The first-order valence-electron chi connectivity index (χ1n) is 43.1. The van der Waals surface area contributed by atoms with E-state index in [2.05, 4.69) is 26.6 Å². The van der Waals surface area contributed by atoms with Gasteiger partial charge in [0.2, 0.25) is 35.2 Å². The van der Waals surface area contributed by atoms with Gasteiger partial charge in [0.15, 0.2) is 6.10 Å². The van der Waals surface area contributed by atoms with E-state index in [0.29, 0.717) is 128 Å². The largest absolute Gasteiger partial charge is 0.462 e. The van der Waals surface area contributed by atoms with E-state index in [4.69, 9.17) is 56.8 Å². The van der Waals surface area contributed by atoms with Gasteiger partial charge in [0.25, 0.3) is 17.7 Å². The molecule has 0 unspecified atom stereocenters. The Morgan fingerprint density at radius 3 is 1.69 bits per heavy atom. The molecule has 0 spiro atoms. The van der Waals surface area contributed by atoms with E-state index in [1.807, 2.05) is 34.6 Å². The number of esters is 4. The molecule has 34 heteroatoms. The molecule has 34 nitrogen and oxygen atoms in total. The molecular weight excluding hydrogens is 1610 g/mol. The number of allylic oxidation sites excluding steroid dienone is 1. The number of nitrogens with zero attached hydrogens (tertiary/aromatic N) is 3. The van der Waals surface area contributed by atoms with Gasteiger partial charge < -0.3 is 87.9 Å². The first-order chi connectivity index (χ1) is 59.3. The average Bonchev–Trinajstić information content (AvgIpc) is 0.929. The molecule has 692 valence electrons. The van der Waals surface area contributed by atoms with Crippen LogP contribution in [0.3, 0.4) is 0 Å². The Morgan fingerprint density at radius 2 is 1.15 bits per heavy atom. The minimum absolute atomic E-state index is 0.0269. The number of nitrogens with one attached hydrogen (secondary N) is 5. The summed E-state index contributed by atoms with van der Waals surface area (Å²) in [4.78, 5) is 191. The van der Waals surface area contributed by atoms with E-state index in [9.17, 15) is 67.1 Å². The number of imide groups is 1. The monoisotopic (exact) mass is 1740 g/mol. The molecule has 0 saturated heterocycles. The maximum Gasteiger partial charge on any atom is 0.334 e. The normalized spacial score (nSPS) is 20.6. The number of rotatable bonds is 53. The quantitative estimate of drug-likeness (QED) is 0.00909. The highest BCUT2D eigenvalue weighted by atomic mass is 16.6. The molecule has 2 aliphatic heterocycles. The average molecular weight is 1750 g/mol. The third-order valence-electron chi connectivity index (χ3n) is 20.6. The summed E-state index contributed by atoms with van der Waals surface area (Å²) < 4.78 is 67.9. The second-order valence-electron chi connectivity index (χ2n) is 31.5. The van der Waals surface area contributed by atoms with Gasteiger partial charge in [-0.1, -0.05) is 110 Å².